The van der Waals surface area contributed by atoms with Gasteiger partial charge in [0.1, 0.15) is 0 Å². The van der Waals surface area contributed by atoms with Crippen LogP contribution in [0, 0.1) is 58.2 Å². The first-order valence-corrected chi connectivity index (χ1v) is 13.5. The lowest BCUT2D eigenvalue weighted by molar-refractivity contribution is -0.144. The second kappa shape index (κ2) is 8.86. The van der Waals surface area contributed by atoms with E-state index >= 15 is 0 Å². The number of carbonyl (C=O) groups is 1. The number of ether oxygens (including phenoxy) is 1. The molecule has 0 aliphatic heterocycles. The Bertz CT molecular complexity index is 680. The quantitative estimate of drug-likeness (QED) is 0.307. The van der Waals surface area contributed by atoms with Crippen molar-refractivity contribution < 1.29 is 9.53 Å². The Morgan fingerprint density at radius 3 is 2.42 bits per heavy atom. The molecule has 0 aromatic carbocycles. The van der Waals surface area contributed by atoms with Crippen LogP contribution in [0.25, 0.3) is 0 Å². The van der Waals surface area contributed by atoms with Crippen LogP contribution < -0.4 is 0 Å². The number of rotatable bonds is 7. The predicted octanol–water partition coefficient (Wildman–Crippen LogP) is 7.67. The van der Waals surface area contributed by atoms with Gasteiger partial charge in [-0.15, -0.1) is 0 Å². The zero-order chi connectivity index (χ0) is 22.4. The summed E-state index contributed by atoms with van der Waals surface area (Å²) in [5.41, 5.74) is 0.946. The number of fused-ring (bicyclic) bond motifs is 5. The first-order chi connectivity index (χ1) is 14.7. The molecule has 2 nitrogen and oxygen atoms in total. The second-order valence-corrected chi connectivity index (χ2v) is 12.8. The van der Waals surface area contributed by atoms with Crippen LogP contribution in [0.5, 0.6) is 0 Å². The number of hydrogen-bond donors (Lipinski definition) is 0. The van der Waals surface area contributed by atoms with Gasteiger partial charge < -0.3 is 4.74 Å². The standard InChI is InChI=1S/C29H48O2/c1-19(2)8-7-9-20(3)24-12-13-26-23-10-11-25-22(18-31-21(4)30)14-16-29(25,6)27(23)15-17-28(24,26)5/h12-13,19-20,22-27H,7-11,14-18H2,1-6H3/t20-,22-,23+,24-,25+,26+,27+,28-,29+/m1/s1. The van der Waals surface area contributed by atoms with E-state index in [-0.39, 0.29) is 5.97 Å². The van der Waals surface area contributed by atoms with E-state index in [2.05, 4.69) is 46.8 Å². The molecule has 0 radical (unpaired) electrons. The van der Waals surface area contributed by atoms with Crippen LogP contribution in [0.1, 0.15) is 99.3 Å². The van der Waals surface area contributed by atoms with Crippen LogP contribution >= 0.6 is 0 Å². The average molecular weight is 429 g/mol. The summed E-state index contributed by atoms with van der Waals surface area (Å²) >= 11 is 0. The molecule has 0 N–H and O–H groups in total. The van der Waals surface area contributed by atoms with Crippen LogP contribution in [-0.4, -0.2) is 12.6 Å². The molecule has 0 aromatic heterocycles. The Labute approximate surface area is 192 Å². The molecule has 0 heterocycles. The molecule has 4 aliphatic rings. The summed E-state index contributed by atoms with van der Waals surface area (Å²) in [6.07, 6.45) is 17.6. The molecule has 31 heavy (non-hydrogen) atoms. The minimum Gasteiger partial charge on any atom is -0.466 e. The molecule has 176 valence electrons. The molecule has 0 bridgehead atoms. The minimum absolute atomic E-state index is 0.111. The molecular formula is C29H48O2. The molecule has 0 saturated heterocycles. The van der Waals surface area contributed by atoms with Crippen molar-refractivity contribution in [3.63, 3.8) is 0 Å². The van der Waals surface area contributed by atoms with Gasteiger partial charge >= 0.3 is 5.97 Å². The fourth-order valence-corrected chi connectivity index (χ4v) is 9.11. The summed E-state index contributed by atoms with van der Waals surface area (Å²) in [5.74, 6) is 6.18. The molecule has 0 aromatic rings. The fourth-order valence-electron chi connectivity index (χ4n) is 9.11. The third kappa shape index (κ3) is 4.15. The highest BCUT2D eigenvalue weighted by Crippen LogP contribution is 2.68. The first-order valence-electron chi connectivity index (χ1n) is 13.5. The first kappa shape index (κ1) is 23.4. The van der Waals surface area contributed by atoms with E-state index < -0.39 is 0 Å². The molecule has 4 aliphatic carbocycles. The SMILES string of the molecule is CC(=O)OC[C@H]1CC[C@@]2(C)[C@H]1CC[C@H]1[C@@H]3C=C[C@H]([C@H](C)CCCC(C)C)[C@@]3(C)CC[C@@H]12. The molecule has 3 saturated carbocycles. The van der Waals surface area contributed by atoms with Crippen LogP contribution in [0.2, 0.25) is 0 Å². The van der Waals surface area contributed by atoms with Crippen molar-refractivity contribution in [2.24, 2.45) is 58.2 Å². The van der Waals surface area contributed by atoms with Crippen LogP contribution in [0.3, 0.4) is 0 Å². The number of esters is 1. The molecule has 0 amide bonds. The van der Waals surface area contributed by atoms with Crippen molar-refractivity contribution >= 4 is 5.97 Å². The third-order valence-electron chi connectivity index (χ3n) is 10.7. The number of carbonyl (C=O) groups excluding carboxylic acids is 1. The van der Waals surface area contributed by atoms with E-state index in [1.54, 1.807) is 6.92 Å². The topological polar surface area (TPSA) is 26.3 Å². The van der Waals surface area contributed by atoms with Gasteiger partial charge in [0.25, 0.3) is 0 Å². The van der Waals surface area contributed by atoms with Crippen molar-refractivity contribution in [1.82, 2.24) is 0 Å². The Hall–Kier alpha value is -0.790. The minimum atomic E-state index is -0.111. The maximum atomic E-state index is 11.4. The van der Waals surface area contributed by atoms with Gasteiger partial charge in [-0.25, -0.2) is 0 Å². The Morgan fingerprint density at radius 2 is 1.71 bits per heavy atom. The average Bonchev–Trinajstić information content (AvgIpc) is 3.22. The van der Waals surface area contributed by atoms with E-state index in [1.807, 2.05) is 0 Å². The molecule has 0 spiro atoms. The van der Waals surface area contributed by atoms with E-state index in [0.717, 1.165) is 41.4 Å². The number of allylic oxidation sites excluding steroid dienone is 2. The normalized spacial score (nSPS) is 44.6. The van der Waals surface area contributed by atoms with Gasteiger partial charge in [0.15, 0.2) is 0 Å². The summed E-state index contributed by atoms with van der Waals surface area (Å²) in [4.78, 5) is 11.4. The molecule has 2 heteroatoms. The maximum Gasteiger partial charge on any atom is 0.302 e. The van der Waals surface area contributed by atoms with E-state index in [9.17, 15) is 4.79 Å². The van der Waals surface area contributed by atoms with Crippen LogP contribution in [0.4, 0.5) is 0 Å². The zero-order valence-electron chi connectivity index (χ0n) is 21.2. The largest absolute Gasteiger partial charge is 0.466 e. The second-order valence-electron chi connectivity index (χ2n) is 12.8. The monoisotopic (exact) mass is 428 g/mol. The summed E-state index contributed by atoms with van der Waals surface area (Å²) < 4.78 is 5.48. The molecule has 9 atom stereocenters. The predicted molar refractivity (Wildman–Crippen MR) is 128 cm³/mol. The molecule has 4 rings (SSSR count). The summed E-state index contributed by atoms with van der Waals surface area (Å²) in [5, 5.41) is 0. The Balaban J connectivity index is 1.44. The Kier molecular flexibility index (Phi) is 6.68. The van der Waals surface area contributed by atoms with E-state index in [4.69, 9.17) is 4.74 Å². The van der Waals surface area contributed by atoms with Crippen LogP contribution in [-0.2, 0) is 9.53 Å². The van der Waals surface area contributed by atoms with Crippen molar-refractivity contribution in [2.75, 3.05) is 6.61 Å². The fraction of sp³-hybridized carbons (Fsp3) is 0.897. The van der Waals surface area contributed by atoms with Gasteiger partial charge in [-0.1, -0.05) is 66.0 Å². The van der Waals surface area contributed by atoms with Crippen molar-refractivity contribution in [3.8, 4) is 0 Å². The lowest BCUT2D eigenvalue weighted by atomic mass is 9.46. The van der Waals surface area contributed by atoms with E-state index in [0.29, 0.717) is 23.4 Å². The van der Waals surface area contributed by atoms with Crippen molar-refractivity contribution in [2.45, 2.75) is 99.3 Å². The highest BCUT2D eigenvalue weighted by molar-refractivity contribution is 5.65. The summed E-state index contributed by atoms with van der Waals surface area (Å²) in [6, 6.07) is 0. The van der Waals surface area contributed by atoms with Gasteiger partial charge in [0.2, 0.25) is 0 Å². The van der Waals surface area contributed by atoms with Gasteiger partial charge in [0, 0.05) is 6.92 Å². The van der Waals surface area contributed by atoms with Gasteiger partial charge in [-0.3, -0.25) is 4.79 Å². The summed E-state index contributed by atoms with van der Waals surface area (Å²) in [6.45, 7) is 14.7. The van der Waals surface area contributed by atoms with E-state index in [1.165, 1.54) is 57.8 Å². The number of hydrogen-bond acceptors (Lipinski definition) is 2. The molecule has 3 fully saturated rings. The zero-order valence-corrected chi connectivity index (χ0v) is 21.2. The van der Waals surface area contributed by atoms with Gasteiger partial charge in [-0.05, 0) is 96.7 Å². The molecule has 0 unspecified atom stereocenters. The highest BCUT2D eigenvalue weighted by Gasteiger charge is 2.61. The lowest BCUT2D eigenvalue weighted by Gasteiger charge is -2.58. The summed E-state index contributed by atoms with van der Waals surface area (Å²) in [7, 11) is 0. The molecular weight excluding hydrogens is 380 g/mol. The van der Waals surface area contributed by atoms with Crippen molar-refractivity contribution in [1.29, 1.82) is 0 Å². The lowest BCUT2D eigenvalue weighted by Crippen LogP contribution is -2.51. The smallest absolute Gasteiger partial charge is 0.302 e. The van der Waals surface area contributed by atoms with Crippen LogP contribution in [0.15, 0.2) is 12.2 Å². The maximum absolute atomic E-state index is 11.4. The third-order valence-corrected chi connectivity index (χ3v) is 10.7. The highest BCUT2D eigenvalue weighted by atomic mass is 16.5. The Morgan fingerprint density at radius 1 is 0.968 bits per heavy atom. The van der Waals surface area contributed by atoms with Gasteiger partial charge in [-0.2, -0.15) is 0 Å². The van der Waals surface area contributed by atoms with Crippen molar-refractivity contribution in [3.05, 3.63) is 12.2 Å². The van der Waals surface area contributed by atoms with Gasteiger partial charge in [0.05, 0.1) is 6.61 Å².